The van der Waals surface area contributed by atoms with Crippen molar-refractivity contribution in [2.45, 2.75) is 13.0 Å². The number of hydrogen-bond donors (Lipinski definition) is 2. The summed E-state index contributed by atoms with van der Waals surface area (Å²) in [6.07, 6.45) is 3.45. The molecule has 2 aromatic rings. The van der Waals surface area contributed by atoms with Gasteiger partial charge in [0.25, 0.3) is 5.91 Å². The molecule has 0 aliphatic heterocycles. The van der Waals surface area contributed by atoms with E-state index in [0.29, 0.717) is 5.69 Å². The zero-order chi connectivity index (χ0) is 16.1. The highest BCUT2D eigenvalue weighted by Gasteiger charge is 2.14. The number of aromatic nitrogens is 2. The lowest BCUT2D eigenvalue weighted by Crippen LogP contribution is -2.38. The molecule has 2 N–H and O–H groups in total. The van der Waals surface area contributed by atoms with Crippen molar-refractivity contribution >= 4 is 27.7 Å². The van der Waals surface area contributed by atoms with E-state index in [1.54, 1.807) is 30.1 Å². The van der Waals surface area contributed by atoms with Crippen LogP contribution in [0, 0.1) is 0 Å². The smallest absolute Gasteiger partial charge is 0.268 e. The summed E-state index contributed by atoms with van der Waals surface area (Å²) in [5.74, 6) is -0.561. The number of carbonyl (C=O) groups is 2. The molecule has 0 aliphatic rings. The van der Waals surface area contributed by atoms with Crippen LogP contribution in [0.4, 0.5) is 0 Å². The molecule has 0 fully saturated rings. The SMILES string of the molecule is CC(NC(=O)CNC(=O)c1cc(Br)cn1C)c1ccccn1. The van der Waals surface area contributed by atoms with Gasteiger partial charge in [0.2, 0.25) is 5.91 Å². The second-order valence-corrected chi connectivity index (χ2v) is 5.80. The predicted octanol–water partition coefficient (Wildman–Crippen LogP) is 1.79. The quantitative estimate of drug-likeness (QED) is 0.848. The molecule has 22 heavy (non-hydrogen) atoms. The lowest BCUT2D eigenvalue weighted by atomic mass is 10.2. The molecule has 1 atom stereocenters. The summed E-state index contributed by atoms with van der Waals surface area (Å²) in [7, 11) is 1.77. The zero-order valence-corrected chi connectivity index (χ0v) is 13.9. The summed E-state index contributed by atoms with van der Waals surface area (Å²) in [5.41, 5.74) is 1.26. The Labute approximate surface area is 137 Å². The first-order valence-electron chi connectivity index (χ1n) is 6.77. The van der Waals surface area contributed by atoms with Crippen LogP contribution in [-0.4, -0.2) is 27.9 Å². The van der Waals surface area contributed by atoms with E-state index in [9.17, 15) is 9.59 Å². The minimum atomic E-state index is -0.297. The van der Waals surface area contributed by atoms with Crippen LogP contribution in [-0.2, 0) is 11.8 Å². The molecule has 7 heteroatoms. The second-order valence-electron chi connectivity index (χ2n) is 4.88. The number of hydrogen-bond acceptors (Lipinski definition) is 3. The second kappa shape index (κ2) is 7.22. The third-order valence-electron chi connectivity index (χ3n) is 3.12. The summed E-state index contributed by atoms with van der Waals surface area (Å²) < 4.78 is 2.50. The summed E-state index contributed by atoms with van der Waals surface area (Å²) in [6.45, 7) is 1.76. The van der Waals surface area contributed by atoms with Gasteiger partial charge in [0.05, 0.1) is 18.3 Å². The Morgan fingerprint density at radius 1 is 1.41 bits per heavy atom. The highest BCUT2D eigenvalue weighted by molar-refractivity contribution is 9.10. The van der Waals surface area contributed by atoms with E-state index >= 15 is 0 Å². The highest BCUT2D eigenvalue weighted by Crippen LogP contribution is 2.13. The van der Waals surface area contributed by atoms with E-state index in [-0.39, 0.29) is 24.4 Å². The zero-order valence-electron chi connectivity index (χ0n) is 12.3. The summed E-state index contributed by atoms with van der Waals surface area (Å²) >= 11 is 3.30. The normalized spacial score (nSPS) is 11.8. The number of nitrogens with zero attached hydrogens (tertiary/aromatic N) is 2. The van der Waals surface area contributed by atoms with Gasteiger partial charge in [-0.05, 0) is 41.1 Å². The minimum Gasteiger partial charge on any atom is -0.346 e. The van der Waals surface area contributed by atoms with Gasteiger partial charge in [-0.3, -0.25) is 14.6 Å². The first-order valence-corrected chi connectivity index (χ1v) is 7.57. The first-order chi connectivity index (χ1) is 10.5. The van der Waals surface area contributed by atoms with Crippen molar-refractivity contribution in [3.63, 3.8) is 0 Å². The Morgan fingerprint density at radius 3 is 2.77 bits per heavy atom. The van der Waals surface area contributed by atoms with Crippen LogP contribution >= 0.6 is 15.9 Å². The Bertz CT molecular complexity index is 669. The van der Waals surface area contributed by atoms with E-state index in [2.05, 4.69) is 31.5 Å². The van der Waals surface area contributed by atoms with Crippen LogP contribution in [0.1, 0.15) is 29.1 Å². The molecule has 0 spiro atoms. The van der Waals surface area contributed by atoms with Crippen molar-refractivity contribution in [1.82, 2.24) is 20.2 Å². The monoisotopic (exact) mass is 364 g/mol. The lowest BCUT2D eigenvalue weighted by Gasteiger charge is -2.13. The van der Waals surface area contributed by atoms with E-state index in [4.69, 9.17) is 0 Å². The molecule has 2 rings (SSSR count). The molecular formula is C15H17BrN4O2. The molecule has 0 bridgehead atoms. The molecule has 0 aliphatic carbocycles. The Hall–Kier alpha value is -2.15. The molecular weight excluding hydrogens is 348 g/mol. The molecule has 0 aromatic carbocycles. The predicted molar refractivity (Wildman–Crippen MR) is 86.2 cm³/mol. The molecule has 6 nitrogen and oxygen atoms in total. The van der Waals surface area contributed by atoms with Crippen LogP contribution in [0.25, 0.3) is 0 Å². The van der Waals surface area contributed by atoms with Crippen molar-refractivity contribution in [3.8, 4) is 0 Å². The molecule has 2 aromatic heterocycles. The molecule has 0 saturated carbocycles. The average Bonchev–Trinajstić information content (AvgIpc) is 2.84. The molecule has 116 valence electrons. The summed E-state index contributed by atoms with van der Waals surface area (Å²) in [5, 5.41) is 5.39. The van der Waals surface area contributed by atoms with Crippen molar-refractivity contribution in [2.75, 3.05) is 6.54 Å². The van der Waals surface area contributed by atoms with Gasteiger partial charge in [0, 0.05) is 23.9 Å². The van der Waals surface area contributed by atoms with Crippen LogP contribution in [0.2, 0.25) is 0 Å². The van der Waals surface area contributed by atoms with Gasteiger partial charge in [-0.1, -0.05) is 6.07 Å². The summed E-state index contributed by atoms with van der Waals surface area (Å²) in [6, 6.07) is 7.00. The molecule has 1 unspecified atom stereocenters. The standard InChI is InChI=1S/C15H17BrN4O2/c1-10(12-5-3-4-6-17-12)19-14(21)8-18-15(22)13-7-11(16)9-20(13)2/h3-7,9-10H,8H2,1-2H3,(H,18,22)(H,19,21). The average molecular weight is 365 g/mol. The maximum atomic E-state index is 12.0. The minimum absolute atomic E-state index is 0.0845. The fraction of sp³-hybridized carbons (Fsp3) is 0.267. The van der Waals surface area contributed by atoms with Gasteiger partial charge < -0.3 is 15.2 Å². The fourth-order valence-electron chi connectivity index (χ4n) is 2.00. The first kappa shape index (κ1) is 16.2. The largest absolute Gasteiger partial charge is 0.346 e. The topological polar surface area (TPSA) is 76.0 Å². The molecule has 2 amide bonds. The Kier molecular flexibility index (Phi) is 5.32. The van der Waals surface area contributed by atoms with Crippen LogP contribution in [0.5, 0.6) is 0 Å². The Morgan fingerprint density at radius 2 is 2.18 bits per heavy atom. The number of carbonyl (C=O) groups excluding carboxylic acids is 2. The van der Waals surface area contributed by atoms with Crippen LogP contribution in [0.15, 0.2) is 41.1 Å². The summed E-state index contributed by atoms with van der Waals surface area (Å²) in [4.78, 5) is 28.1. The number of amides is 2. The van der Waals surface area contributed by atoms with Gasteiger partial charge in [0.15, 0.2) is 0 Å². The van der Waals surface area contributed by atoms with Crippen molar-refractivity contribution in [1.29, 1.82) is 0 Å². The van der Waals surface area contributed by atoms with Gasteiger partial charge in [-0.15, -0.1) is 0 Å². The van der Waals surface area contributed by atoms with E-state index in [1.165, 1.54) is 0 Å². The fourth-order valence-corrected chi connectivity index (χ4v) is 2.52. The van der Waals surface area contributed by atoms with E-state index in [1.807, 2.05) is 25.1 Å². The Balaban J connectivity index is 1.85. The molecule has 0 radical (unpaired) electrons. The van der Waals surface area contributed by atoms with Gasteiger partial charge in [-0.2, -0.15) is 0 Å². The van der Waals surface area contributed by atoms with Crippen LogP contribution < -0.4 is 10.6 Å². The van der Waals surface area contributed by atoms with E-state index < -0.39 is 0 Å². The number of halogens is 1. The maximum Gasteiger partial charge on any atom is 0.268 e. The third-order valence-corrected chi connectivity index (χ3v) is 3.56. The number of aryl methyl sites for hydroxylation is 1. The number of pyridine rings is 1. The van der Waals surface area contributed by atoms with Crippen LogP contribution in [0.3, 0.4) is 0 Å². The van der Waals surface area contributed by atoms with E-state index in [0.717, 1.165) is 10.2 Å². The molecule has 2 heterocycles. The maximum absolute atomic E-state index is 12.0. The number of rotatable bonds is 5. The molecule has 0 saturated heterocycles. The highest BCUT2D eigenvalue weighted by atomic mass is 79.9. The lowest BCUT2D eigenvalue weighted by molar-refractivity contribution is -0.120. The number of nitrogens with one attached hydrogen (secondary N) is 2. The van der Waals surface area contributed by atoms with Crippen molar-refractivity contribution in [2.24, 2.45) is 7.05 Å². The van der Waals surface area contributed by atoms with Gasteiger partial charge in [-0.25, -0.2) is 0 Å². The third kappa shape index (κ3) is 4.17. The van der Waals surface area contributed by atoms with Crippen molar-refractivity contribution in [3.05, 3.63) is 52.5 Å². The van der Waals surface area contributed by atoms with Gasteiger partial charge >= 0.3 is 0 Å². The van der Waals surface area contributed by atoms with Gasteiger partial charge in [0.1, 0.15) is 5.69 Å². The van der Waals surface area contributed by atoms with Crippen molar-refractivity contribution < 1.29 is 9.59 Å².